The third-order valence-corrected chi connectivity index (χ3v) is 4.22. The largest absolute Gasteiger partial charge is 0.497 e. The summed E-state index contributed by atoms with van der Waals surface area (Å²) in [6.07, 6.45) is 0. The highest BCUT2D eigenvalue weighted by molar-refractivity contribution is 14.0. The molecule has 0 aromatic heterocycles. The van der Waals surface area contributed by atoms with Gasteiger partial charge in [0.25, 0.3) is 0 Å². The number of amides is 1. The van der Waals surface area contributed by atoms with E-state index in [-0.39, 0.29) is 24.0 Å². The molecule has 0 heterocycles. The number of hydrogen-bond donors (Lipinski definition) is 2. The molecule has 0 fully saturated rings. The van der Waals surface area contributed by atoms with Crippen molar-refractivity contribution in [2.75, 3.05) is 27.8 Å². The van der Waals surface area contributed by atoms with E-state index in [1.807, 2.05) is 49.2 Å². The molecule has 0 aliphatic heterocycles. The van der Waals surface area contributed by atoms with E-state index >= 15 is 0 Å². The van der Waals surface area contributed by atoms with Gasteiger partial charge in [0.05, 0.1) is 20.8 Å². The maximum atomic E-state index is 11.4. The molecule has 0 spiro atoms. The topological polar surface area (TPSA) is 89.2 Å². The van der Waals surface area contributed by atoms with Crippen LogP contribution in [0.25, 0.3) is 0 Å². The summed E-state index contributed by atoms with van der Waals surface area (Å²) in [7, 11) is 5.23. The van der Waals surface area contributed by atoms with Gasteiger partial charge >= 0.3 is 0 Å². The Labute approximate surface area is 189 Å². The number of aliphatic imine (C=N–C) groups is 1. The number of ether oxygens (including phenoxy) is 2. The van der Waals surface area contributed by atoms with Crippen molar-refractivity contribution < 1.29 is 14.3 Å². The van der Waals surface area contributed by atoms with Gasteiger partial charge in [0.1, 0.15) is 11.5 Å². The fourth-order valence-corrected chi connectivity index (χ4v) is 2.77. The van der Waals surface area contributed by atoms with Crippen molar-refractivity contribution >= 4 is 35.8 Å². The second kappa shape index (κ2) is 12.2. The number of guanidine groups is 1. The van der Waals surface area contributed by atoms with Crippen LogP contribution in [0.5, 0.6) is 11.5 Å². The van der Waals surface area contributed by atoms with Crippen molar-refractivity contribution in [2.45, 2.75) is 20.0 Å². The van der Waals surface area contributed by atoms with Gasteiger partial charge in [-0.25, -0.2) is 4.99 Å². The van der Waals surface area contributed by atoms with Crippen molar-refractivity contribution in [1.82, 2.24) is 10.2 Å². The number of rotatable bonds is 8. The van der Waals surface area contributed by atoms with Gasteiger partial charge in [-0.3, -0.25) is 4.79 Å². The first-order valence-electron chi connectivity index (χ1n) is 9.07. The number of benzene rings is 2. The van der Waals surface area contributed by atoms with Crippen LogP contribution < -0.4 is 20.5 Å². The molecule has 2 aromatic rings. The molecular formula is C21H29IN4O3. The van der Waals surface area contributed by atoms with Crippen molar-refractivity contribution in [1.29, 1.82) is 0 Å². The Kier molecular flexibility index (Phi) is 10.3. The van der Waals surface area contributed by atoms with Crippen LogP contribution in [-0.4, -0.2) is 44.6 Å². The molecule has 158 valence electrons. The van der Waals surface area contributed by atoms with Gasteiger partial charge in [0.2, 0.25) is 5.91 Å². The van der Waals surface area contributed by atoms with Crippen molar-refractivity contribution in [3.05, 3.63) is 59.2 Å². The highest BCUT2D eigenvalue weighted by Crippen LogP contribution is 2.25. The molecule has 0 saturated heterocycles. The molecule has 7 nitrogen and oxygen atoms in total. The summed E-state index contributed by atoms with van der Waals surface area (Å²) >= 11 is 0. The van der Waals surface area contributed by atoms with Gasteiger partial charge < -0.3 is 25.4 Å². The van der Waals surface area contributed by atoms with Crippen molar-refractivity contribution in [3.8, 4) is 11.5 Å². The number of nitrogens with zero attached hydrogens (tertiary/aromatic N) is 2. The fraction of sp³-hybridized carbons (Fsp3) is 0.333. The van der Waals surface area contributed by atoms with E-state index < -0.39 is 5.91 Å². The average Bonchev–Trinajstić information content (AvgIpc) is 2.71. The number of methoxy groups -OCH3 is 2. The molecule has 2 aromatic carbocycles. The van der Waals surface area contributed by atoms with Gasteiger partial charge in [0, 0.05) is 37.3 Å². The Morgan fingerprint density at radius 2 is 1.93 bits per heavy atom. The standard InChI is InChI=1S/C21H28N4O3.HI/c1-5-23-21(24-13-15-7-6-8-16(11-15)20(22)26)25(2)14-17-9-10-18(27-3)12-19(17)28-4;/h6-12H,5,13-14H2,1-4H3,(H2,22,26)(H,23,24);1H. The molecule has 0 saturated carbocycles. The summed E-state index contributed by atoms with van der Waals surface area (Å²) in [5.41, 5.74) is 7.77. The minimum Gasteiger partial charge on any atom is -0.497 e. The Balaban J connectivity index is 0.00000420. The second-order valence-electron chi connectivity index (χ2n) is 6.27. The quantitative estimate of drug-likeness (QED) is 0.323. The lowest BCUT2D eigenvalue weighted by atomic mass is 10.1. The van der Waals surface area contributed by atoms with E-state index in [1.165, 1.54) is 0 Å². The first kappa shape index (κ1) is 24.5. The number of nitrogens with one attached hydrogen (secondary N) is 1. The average molecular weight is 512 g/mol. The summed E-state index contributed by atoms with van der Waals surface area (Å²) in [6, 6.07) is 12.9. The summed E-state index contributed by atoms with van der Waals surface area (Å²) < 4.78 is 10.7. The van der Waals surface area contributed by atoms with Crippen LogP contribution in [0.4, 0.5) is 0 Å². The van der Waals surface area contributed by atoms with E-state index in [0.29, 0.717) is 18.7 Å². The van der Waals surface area contributed by atoms with E-state index in [4.69, 9.17) is 15.2 Å². The highest BCUT2D eigenvalue weighted by Gasteiger charge is 2.11. The van der Waals surface area contributed by atoms with Crippen molar-refractivity contribution in [3.63, 3.8) is 0 Å². The Morgan fingerprint density at radius 1 is 1.17 bits per heavy atom. The van der Waals surface area contributed by atoms with E-state index in [1.54, 1.807) is 26.4 Å². The van der Waals surface area contributed by atoms with Gasteiger partial charge in [-0.1, -0.05) is 12.1 Å². The smallest absolute Gasteiger partial charge is 0.248 e. The lowest BCUT2D eigenvalue weighted by Crippen LogP contribution is -2.38. The number of carbonyl (C=O) groups is 1. The van der Waals surface area contributed by atoms with Crippen molar-refractivity contribution in [2.24, 2.45) is 10.7 Å². The molecule has 0 bridgehead atoms. The number of hydrogen-bond acceptors (Lipinski definition) is 4. The van der Waals surface area contributed by atoms with Crippen LogP contribution >= 0.6 is 24.0 Å². The molecule has 0 aliphatic rings. The minimum atomic E-state index is -0.443. The van der Waals surface area contributed by atoms with E-state index in [2.05, 4.69) is 10.3 Å². The third kappa shape index (κ3) is 7.12. The fourth-order valence-electron chi connectivity index (χ4n) is 2.77. The minimum absolute atomic E-state index is 0. The molecule has 8 heteroatoms. The number of nitrogens with two attached hydrogens (primary N) is 1. The summed E-state index contributed by atoms with van der Waals surface area (Å²) in [6.45, 7) is 3.81. The lowest BCUT2D eigenvalue weighted by molar-refractivity contribution is 0.1000. The Hall–Kier alpha value is -2.49. The lowest BCUT2D eigenvalue weighted by Gasteiger charge is -2.23. The molecule has 0 atom stereocenters. The Bertz CT molecular complexity index is 842. The van der Waals surface area contributed by atoms with Gasteiger partial charge in [-0.2, -0.15) is 0 Å². The summed E-state index contributed by atoms with van der Waals surface area (Å²) in [5.74, 6) is 1.82. The first-order chi connectivity index (χ1) is 13.5. The molecule has 0 aliphatic carbocycles. The van der Waals surface area contributed by atoms with Crippen LogP contribution in [0.1, 0.15) is 28.4 Å². The van der Waals surface area contributed by atoms with Gasteiger partial charge in [-0.15, -0.1) is 24.0 Å². The highest BCUT2D eigenvalue weighted by atomic mass is 127. The Morgan fingerprint density at radius 3 is 2.55 bits per heavy atom. The zero-order valence-electron chi connectivity index (χ0n) is 17.3. The zero-order chi connectivity index (χ0) is 20.5. The molecule has 0 radical (unpaired) electrons. The number of primary amides is 1. The van der Waals surface area contributed by atoms with Crippen LogP contribution in [-0.2, 0) is 13.1 Å². The maximum absolute atomic E-state index is 11.4. The second-order valence-corrected chi connectivity index (χ2v) is 6.27. The summed E-state index contributed by atoms with van der Waals surface area (Å²) in [4.78, 5) is 18.1. The van der Waals surface area contributed by atoms with Crippen LogP contribution in [0.15, 0.2) is 47.5 Å². The van der Waals surface area contributed by atoms with Gasteiger partial charge in [0.15, 0.2) is 5.96 Å². The zero-order valence-corrected chi connectivity index (χ0v) is 19.6. The normalized spacial score (nSPS) is 10.7. The monoisotopic (exact) mass is 512 g/mol. The maximum Gasteiger partial charge on any atom is 0.248 e. The summed E-state index contributed by atoms with van der Waals surface area (Å²) in [5, 5.41) is 3.29. The predicted octanol–water partition coefficient (Wildman–Crippen LogP) is 3.02. The molecule has 3 N–H and O–H groups in total. The molecular weight excluding hydrogens is 483 g/mol. The van der Waals surface area contributed by atoms with Crippen LogP contribution in [0.3, 0.4) is 0 Å². The van der Waals surface area contributed by atoms with E-state index in [9.17, 15) is 4.79 Å². The van der Waals surface area contributed by atoms with Crippen LogP contribution in [0, 0.1) is 0 Å². The molecule has 2 rings (SSSR count). The molecule has 0 unspecified atom stereocenters. The predicted molar refractivity (Wildman–Crippen MR) is 126 cm³/mol. The number of halogens is 1. The molecule has 29 heavy (non-hydrogen) atoms. The van der Waals surface area contributed by atoms with E-state index in [0.717, 1.165) is 35.1 Å². The number of carbonyl (C=O) groups excluding carboxylic acids is 1. The third-order valence-electron chi connectivity index (χ3n) is 4.22. The van der Waals surface area contributed by atoms with Gasteiger partial charge in [-0.05, 0) is 36.8 Å². The first-order valence-corrected chi connectivity index (χ1v) is 9.07. The van der Waals surface area contributed by atoms with Crippen LogP contribution in [0.2, 0.25) is 0 Å². The SMILES string of the molecule is CCNC(=NCc1cccc(C(N)=O)c1)N(C)Cc1ccc(OC)cc1OC.I. The molecule has 1 amide bonds.